The average Bonchev–Trinajstić information content (AvgIpc) is 2.85. The van der Waals surface area contributed by atoms with Crippen LogP contribution in [-0.4, -0.2) is 47.0 Å². The predicted octanol–water partition coefficient (Wildman–Crippen LogP) is 5.03. The Hall–Kier alpha value is -3.47. The first-order valence-corrected chi connectivity index (χ1v) is 11.2. The van der Waals surface area contributed by atoms with Gasteiger partial charge in [0.1, 0.15) is 17.5 Å². The van der Waals surface area contributed by atoms with Crippen molar-refractivity contribution in [3.63, 3.8) is 0 Å². The van der Waals surface area contributed by atoms with E-state index < -0.39 is 17.6 Å². The second-order valence-corrected chi connectivity index (χ2v) is 8.22. The molecule has 3 aromatic rings. The van der Waals surface area contributed by atoms with Crippen molar-refractivity contribution in [3.05, 3.63) is 59.0 Å². The maximum Gasteiger partial charge on any atom is 0.419 e. The molecule has 1 aromatic carbocycles. The van der Waals surface area contributed by atoms with Crippen molar-refractivity contribution in [2.45, 2.75) is 19.5 Å². The highest BCUT2D eigenvalue weighted by atomic mass is 35.5. The zero-order valence-corrected chi connectivity index (χ0v) is 19.4. The number of alkyl halides is 3. The third-order valence-electron chi connectivity index (χ3n) is 5.50. The molecule has 0 atom stereocenters. The molecule has 1 aliphatic heterocycles. The van der Waals surface area contributed by atoms with Crippen LogP contribution in [0.25, 0.3) is 11.3 Å². The van der Waals surface area contributed by atoms with Crippen LogP contribution in [0, 0.1) is 5.82 Å². The molecule has 184 valence electrons. The number of rotatable bonds is 5. The Morgan fingerprint density at radius 2 is 1.80 bits per heavy atom. The Kier molecular flexibility index (Phi) is 7.06. The number of hydrogen-bond acceptors (Lipinski definition) is 6. The van der Waals surface area contributed by atoms with E-state index >= 15 is 0 Å². The number of aromatic nitrogens is 3. The number of hydrogen-bond donors (Lipinski definition) is 1. The van der Waals surface area contributed by atoms with Crippen molar-refractivity contribution in [2.24, 2.45) is 0 Å². The van der Waals surface area contributed by atoms with Crippen LogP contribution in [0.15, 0.2) is 42.6 Å². The molecule has 0 bridgehead atoms. The zero-order valence-electron chi connectivity index (χ0n) is 18.6. The maximum absolute atomic E-state index is 13.7. The van der Waals surface area contributed by atoms with Gasteiger partial charge in [0.2, 0.25) is 11.9 Å². The first kappa shape index (κ1) is 24.6. The van der Waals surface area contributed by atoms with Gasteiger partial charge in [0.25, 0.3) is 0 Å². The van der Waals surface area contributed by atoms with Gasteiger partial charge < -0.3 is 9.80 Å². The summed E-state index contributed by atoms with van der Waals surface area (Å²) < 4.78 is 53.9. The molecule has 1 aliphatic rings. The van der Waals surface area contributed by atoms with E-state index in [0.717, 1.165) is 6.07 Å². The second kappa shape index (κ2) is 10.0. The van der Waals surface area contributed by atoms with Gasteiger partial charge in [0.05, 0.1) is 16.3 Å². The summed E-state index contributed by atoms with van der Waals surface area (Å²) in [5.41, 5.74) is 0.152. The Morgan fingerprint density at radius 1 is 1.09 bits per heavy atom. The van der Waals surface area contributed by atoms with Gasteiger partial charge in [0, 0.05) is 50.4 Å². The van der Waals surface area contributed by atoms with Gasteiger partial charge in [-0.25, -0.2) is 14.4 Å². The summed E-state index contributed by atoms with van der Waals surface area (Å²) in [7, 11) is 0. The van der Waals surface area contributed by atoms with E-state index in [1.807, 2.05) is 4.90 Å². The lowest BCUT2D eigenvalue weighted by Crippen LogP contribution is -2.47. The summed E-state index contributed by atoms with van der Waals surface area (Å²) >= 11 is 5.93. The topological polar surface area (TPSA) is 74.2 Å². The lowest BCUT2D eigenvalue weighted by atomic mass is 10.1. The Morgan fingerprint density at radius 3 is 2.46 bits per heavy atom. The molecule has 2 aromatic heterocycles. The van der Waals surface area contributed by atoms with Gasteiger partial charge in [-0.3, -0.25) is 10.1 Å². The van der Waals surface area contributed by atoms with Gasteiger partial charge in [-0.05, 0) is 30.3 Å². The first-order chi connectivity index (χ1) is 16.7. The molecule has 0 spiro atoms. The van der Waals surface area contributed by atoms with Crippen molar-refractivity contribution in [3.8, 4) is 11.3 Å². The Balaban J connectivity index is 1.61. The van der Waals surface area contributed by atoms with Crippen LogP contribution in [0.2, 0.25) is 5.02 Å². The number of anilines is 3. The second-order valence-electron chi connectivity index (χ2n) is 7.81. The highest BCUT2D eigenvalue weighted by Gasteiger charge is 2.36. The van der Waals surface area contributed by atoms with E-state index in [9.17, 15) is 22.4 Å². The van der Waals surface area contributed by atoms with E-state index in [1.54, 1.807) is 17.9 Å². The van der Waals surface area contributed by atoms with Crippen LogP contribution in [0.3, 0.4) is 0 Å². The van der Waals surface area contributed by atoms with Crippen molar-refractivity contribution in [1.29, 1.82) is 0 Å². The van der Waals surface area contributed by atoms with Crippen LogP contribution in [0.1, 0.15) is 18.9 Å². The summed E-state index contributed by atoms with van der Waals surface area (Å²) in [5, 5.41) is 2.55. The van der Waals surface area contributed by atoms with Crippen LogP contribution in [0.5, 0.6) is 0 Å². The Labute approximate surface area is 203 Å². The lowest BCUT2D eigenvalue weighted by Gasteiger charge is -2.37. The summed E-state index contributed by atoms with van der Waals surface area (Å²) in [6.45, 7) is 2.95. The highest BCUT2D eigenvalue weighted by Crippen LogP contribution is 2.36. The van der Waals surface area contributed by atoms with Gasteiger partial charge >= 0.3 is 6.18 Å². The number of halogens is 5. The van der Waals surface area contributed by atoms with Crippen LogP contribution < -0.4 is 15.1 Å². The molecule has 3 heterocycles. The van der Waals surface area contributed by atoms with E-state index in [2.05, 4.69) is 20.3 Å². The van der Waals surface area contributed by atoms with Gasteiger partial charge in [-0.15, -0.1) is 0 Å². The number of nitrogens with zero attached hydrogens (tertiary/aromatic N) is 5. The number of carbonyl (C=O) groups excluding carboxylic acids is 1. The molecule has 1 saturated heterocycles. The molecule has 12 heteroatoms. The van der Waals surface area contributed by atoms with Crippen molar-refractivity contribution in [2.75, 3.05) is 41.3 Å². The van der Waals surface area contributed by atoms with Crippen molar-refractivity contribution in [1.82, 2.24) is 15.0 Å². The molecule has 0 aliphatic carbocycles. The minimum Gasteiger partial charge on any atom is -0.353 e. The van der Waals surface area contributed by atoms with Crippen molar-refractivity contribution >= 4 is 35.1 Å². The fourth-order valence-corrected chi connectivity index (χ4v) is 3.87. The van der Waals surface area contributed by atoms with E-state index in [4.69, 9.17) is 11.6 Å². The van der Waals surface area contributed by atoms with E-state index in [1.165, 1.54) is 30.5 Å². The first-order valence-electron chi connectivity index (χ1n) is 10.8. The highest BCUT2D eigenvalue weighted by molar-refractivity contribution is 6.31. The minimum absolute atomic E-state index is 0.0660. The summed E-state index contributed by atoms with van der Waals surface area (Å²) in [6.07, 6.45) is -2.95. The zero-order chi connectivity index (χ0) is 25.2. The number of amides is 1. The van der Waals surface area contributed by atoms with Gasteiger partial charge in [0.15, 0.2) is 0 Å². The largest absolute Gasteiger partial charge is 0.419 e. The van der Waals surface area contributed by atoms with Crippen LogP contribution in [-0.2, 0) is 11.0 Å². The molecule has 1 fully saturated rings. The van der Waals surface area contributed by atoms with Crippen molar-refractivity contribution < 1.29 is 22.4 Å². The fourth-order valence-electron chi connectivity index (χ4n) is 3.69. The molecule has 35 heavy (non-hydrogen) atoms. The third kappa shape index (κ3) is 5.61. The number of carbonyl (C=O) groups is 1. The van der Waals surface area contributed by atoms with Gasteiger partial charge in [-0.1, -0.05) is 18.5 Å². The molecule has 7 nitrogen and oxygen atoms in total. The molecular weight excluding hydrogens is 488 g/mol. The monoisotopic (exact) mass is 508 g/mol. The van der Waals surface area contributed by atoms with Crippen LogP contribution in [0.4, 0.5) is 35.1 Å². The molecule has 0 unspecified atom stereocenters. The maximum atomic E-state index is 13.7. The lowest BCUT2D eigenvalue weighted by molar-refractivity contribution is -0.137. The molecule has 4 rings (SSSR count). The molecule has 1 amide bonds. The quantitative estimate of drug-likeness (QED) is 0.488. The average molecular weight is 509 g/mol. The number of piperazine rings is 1. The Bertz CT molecular complexity index is 1230. The van der Waals surface area contributed by atoms with Crippen LogP contribution >= 0.6 is 11.6 Å². The molecular formula is C23H21ClF4N6O. The normalized spacial score (nSPS) is 14.2. The fraction of sp³-hybridized carbons (Fsp3) is 0.304. The molecule has 0 radical (unpaired) electrons. The molecule has 0 saturated carbocycles. The number of nitrogens with one attached hydrogen (secondary N) is 1. The number of pyridine rings is 1. The van der Waals surface area contributed by atoms with E-state index in [-0.39, 0.29) is 42.2 Å². The minimum atomic E-state index is -4.51. The molecule has 1 N–H and O–H groups in total. The smallest absolute Gasteiger partial charge is 0.353 e. The van der Waals surface area contributed by atoms with Gasteiger partial charge in [-0.2, -0.15) is 18.2 Å². The van der Waals surface area contributed by atoms with E-state index in [0.29, 0.717) is 30.2 Å². The SMILES string of the molecule is CCC(=O)Nc1nc(-c2ccc(F)c(Cl)c2)cc(N2CCN(c3ncccc3C(F)(F)F)CC2)n1. The summed E-state index contributed by atoms with van der Waals surface area (Å²) in [4.78, 5) is 28.2. The standard InChI is InChI=1S/C23H21ClF4N6O/c1-2-20(35)32-22-30-18(14-5-6-17(25)16(24)12-14)13-19(31-22)33-8-10-34(11-9-33)21-15(23(26,27)28)4-3-7-29-21/h3-7,12-13H,2,8-11H2,1H3,(H,30,31,32,35). The third-order valence-corrected chi connectivity index (χ3v) is 5.79. The predicted molar refractivity (Wildman–Crippen MR) is 125 cm³/mol. The summed E-state index contributed by atoms with van der Waals surface area (Å²) in [5.74, 6) is -0.437. The summed E-state index contributed by atoms with van der Waals surface area (Å²) in [6, 6.07) is 8.10. The number of benzene rings is 1.